The van der Waals surface area contributed by atoms with Gasteiger partial charge in [-0.3, -0.25) is 10.1 Å². The predicted octanol–water partition coefficient (Wildman–Crippen LogP) is 4.49. The molecule has 1 aliphatic carbocycles. The van der Waals surface area contributed by atoms with Crippen LogP contribution in [-0.2, 0) is 4.74 Å². The molecular weight excluding hydrogens is 334 g/mol. The Bertz CT molecular complexity index is 615. The third-order valence-corrected chi connectivity index (χ3v) is 5.00. The SMILES string of the molecule is O=[N+]([O-])c1ccc(NC2CCOC3(CCCCC3)C2)cc1OC(F)F. The molecule has 2 fully saturated rings. The van der Waals surface area contributed by atoms with Gasteiger partial charge in [0.1, 0.15) is 0 Å². The zero-order valence-corrected chi connectivity index (χ0v) is 13.9. The lowest BCUT2D eigenvalue weighted by atomic mass is 9.78. The second-order valence-electron chi connectivity index (χ2n) is 6.74. The first-order valence-electron chi connectivity index (χ1n) is 8.61. The lowest BCUT2D eigenvalue weighted by Gasteiger charge is -2.44. The molecule has 0 bridgehead atoms. The van der Waals surface area contributed by atoms with Gasteiger partial charge < -0.3 is 14.8 Å². The molecule has 0 aromatic heterocycles. The number of rotatable bonds is 5. The normalized spacial score (nSPS) is 22.8. The summed E-state index contributed by atoms with van der Waals surface area (Å²) in [4.78, 5) is 10.2. The summed E-state index contributed by atoms with van der Waals surface area (Å²) in [7, 11) is 0. The van der Waals surface area contributed by atoms with Crippen LogP contribution < -0.4 is 10.1 Å². The summed E-state index contributed by atoms with van der Waals surface area (Å²) in [6, 6.07) is 4.13. The van der Waals surface area contributed by atoms with Gasteiger partial charge in [0.05, 0.1) is 10.5 Å². The molecule has 2 aliphatic rings. The summed E-state index contributed by atoms with van der Waals surface area (Å²) in [6.07, 6.45) is 7.32. The van der Waals surface area contributed by atoms with Crippen molar-refractivity contribution in [2.75, 3.05) is 11.9 Å². The first-order chi connectivity index (χ1) is 12.0. The summed E-state index contributed by atoms with van der Waals surface area (Å²) in [5.74, 6) is -0.426. The van der Waals surface area contributed by atoms with Gasteiger partial charge in [-0.1, -0.05) is 19.3 Å². The van der Waals surface area contributed by atoms with Gasteiger partial charge in [-0.05, 0) is 31.7 Å². The van der Waals surface area contributed by atoms with Gasteiger partial charge in [-0.15, -0.1) is 0 Å². The summed E-state index contributed by atoms with van der Waals surface area (Å²) in [5.41, 5.74) is -0.0160. The highest BCUT2D eigenvalue weighted by atomic mass is 19.3. The number of hydrogen-bond acceptors (Lipinski definition) is 5. The predicted molar refractivity (Wildman–Crippen MR) is 88.1 cm³/mol. The Labute approximate surface area is 144 Å². The minimum absolute atomic E-state index is 0.0861. The number of hydrogen-bond donors (Lipinski definition) is 1. The average molecular weight is 356 g/mol. The molecule has 25 heavy (non-hydrogen) atoms. The van der Waals surface area contributed by atoms with Crippen molar-refractivity contribution in [1.82, 2.24) is 0 Å². The molecule has 1 saturated heterocycles. The summed E-state index contributed by atoms with van der Waals surface area (Å²) in [6.45, 7) is -2.45. The summed E-state index contributed by atoms with van der Waals surface area (Å²) < 4.78 is 35.4. The van der Waals surface area contributed by atoms with E-state index in [1.165, 1.54) is 24.6 Å². The van der Waals surface area contributed by atoms with Gasteiger partial charge in [0.15, 0.2) is 0 Å². The molecule has 6 nitrogen and oxygen atoms in total. The van der Waals surface area contributed by atoms with E-state index in [9.17, 15) is 18.9 Å². The van der Waals surface area contributed by atoms with Crippen LogP contribution in [0.5, 0.6) is 5.75 Å². The quantitative estimate of drug-likeness (QED) is 0.621. The first kappa shape index (κ1) is 17.8. The highest BCUT2D eigenvalue weighted by Crippen LogP contribution is 2.40. The van der Waals surface area contributed by atoms with Crippen molar-refractivity contribution >= 4 is 11.4 Å². The maximum absolute atomic E-state index is 12.5. The lowest BCUT2D eigenvalue weighted by molar-refractivity contribution is -0.386. The smallest absolute Gasteiger partial charge is 0.387 e. The van der Waals surface area contributed by atoms with E-state index < -0.39 is 23.0 Å². The van der Waals surface area contributed by atoms with Crippen LogP contribution in [0, 0.1) is 10.1 Å². The van der Waals surface area contributed by atoms with Crippen LogP contribution in [0.4, 0.5) is 20.2 Å². The molecule has 0 radical (unpaired) electrons. The highest BCUT2D eigenvalue weighted by Gasteiger charge is 2.38. The Hall–Kier alpha value is -1.96. The van der Waals surface area contributed by atoms with Crippen molar-refractivity contribution in [3.63, 3.8) is 0 Å². The molecule has 8 heteroatoms. The van der Waals surface area contributed by atoms with E-state index >= 15 is 0 Å². The van der Waals surface area contributed by atoms with Crippen molar-refractivity contribution < 1.29 is 23.2 Å². The monoisotopic (exact) mass is 356 g/mol. The number of anilines is 1. The number of alkyl halides is 2. The number of benzene rings is 1. The van der Waals surface area contributed by atoms with Crippen molar-refractivity contribution in [2.24, 2.45) is 0 Å². The molecule has 1 atom stereocenters. The molecule has 1 aromatic rings. The zero-order chi connectivity index (χ0) is 17.9. The Morgan fingerprint density at radius 1 is 1.32 bits per heavy atom. The maximum atomic E-state index is 12.5. The van der Waals surface area contributed by atoms with E-state index in [0.717, 1.165) is 38.5 Å². The molecule has 138 valence electrons. The molecule has 1 aromatic carbocycles. The summed E-state index contributed by atoms with van der Waals surface area (Å²) in [5, 5.41) is 14.3. The number of nitrogens with zero attached hydrogens (tertiary/aromatic N) is 1. The van der Waals surface area contributed by atoms with Crippen molar-refractivity contribution in [3.05, 3.63) is 28.3 Å². The maximum Gasteiger partial charge on any atom is 0.387 e. The van der Waals surface area contributed by atoms with Crippen molar-refractivity contribution in [1.29, 1.82) is 0 Å². The van der Waals surface area contributed by atoms with E-state index in [1.807, 2.05) is 0 Å². The second kappa shape index (κ2) is 7.51. The van der Waals surface area contributed by atoms with Gasteiger partial charge in [-0.2, -0.15) is 8.78 Å². The van der Waals surface area contributed by atoms with Gasteiger partial charge in [-0.25, -0.2) is 0 Å². The fraction of sp³-hybridized carbons (Fsp3) is 0.647. The fourth-order valence-electron chi connectivity index (χ4n) is 3.88. The van der Waals surface area contributed by atoms with Gasteiger partial charge in [0.25, 0.3) is 0 Å². The number of nitrogens with one attached hydrogen (secondary N) is 1. The molecular formula is C17H22F2N2O4. The number of nitro benzene ring substituents is 1. The molecule has 1 saturated carbocycles. The van der Waals surface area contributed by atoms with Gasteiger partial charge in [0, 0.05) is 30.5 Å². The van der Waals surface area contributed by atoms with Crippen LogP contribution in [-0.4, -0.2) is 29.8 Å². The largest absolute Gasteiger partial charge is 0.427 e. The molecule has 0 amide bonds. The standard InChI is InChI=1S/C17H22F2N2O4/c18-16(19)25-15-10-12(4-5-14(15)21(22)23)20-13-6-9-24-17(11-13)7-2-1-3-8-17/h4-5,10,13,16,20H,1-3,6-9,11H2. The van der Waals surface area contributed by atoms with E-state index in [0.29, 0.717) is 12.3 Å². The highest BCUT2D eigenvalue weighted by molar-refractivity contribution is 5.58. The first-order valence-corrected chi connectivity index (χ1v) is 8.61. The number of halogens is 2. The minimum Gasteiger partial charge on any atom is -0.427 e. The Kier molecular flexibility index (Phi) is 5.36. The fourth-order valence-corrected chi connectivity index (χ4v) is 3.88. The van der Waals surface area contributed by atoms with E-state index in [1.54, 1.807) is 0 Å². The van der Waals surface area contributed by atoms with Crippen LogP contribution in [0.15, 0.2) is 18.2 Å². The molecule has 1 unspecified atom stereocenters. The topological polar surface area (TPSA) is 73.6 Å². The van der Waals surface area contributed by atoms with Gasteiger partial charge >= 0.3 is 12.3 Å². The van der Waals surface area contributed by atoms with Gasteiger partial charge in [0.2, 0.25) is 5.75 Å². The average Bonchev–Trinajstić information content (AvgIpc) is 2.55. The Balaban J connectivity index is 1.72. The molecule has 1 heterocycles. The minimum atomic E-state index is -3.11. The number of ether oxygens (including phenoxy) is 2. The van der Waals surface area contributed by atoms with Crippen LogP contribution in [0.25, 0.3) is 0 Å². The van der Waals surface area contributed by atoms with E-state index in [2.05, 4.69) is 10.1 Å². The summed E-state index contributed by atoms with van der Waals surface area (Å²) >= 11 is 0. The van der Waals surface area contributed by atoms with Crippen molar-refractivity contribution in [2.45, 2.75) is 63.2 Å². The third kappa shape index (κ3) is 4.36. The molecule has 1 aliphatic heterocycles. The van der Waals surface area contributed by atoms with Crippen LogP contribution >= 0.6 is 0 Å². The molecule has 1 spiro atoms. The Morgan fingerprint density at radius 3 is 2.76 bits per heavy atom. The second-order valence-corrected chi connectivity index (χ2v) is 6.74. The molecule has 3 rings (SSSR count). The lowest BCUT2D eigenvalue weighted by Crippen LogP contribution is -2.45. The number of nitro groups is 1. The third-order valence-electron chi connectivity index (χ3n) is 5.00. The van der Waals surface area contributed by atoms with Crippen molar-refractivity contribution in [3.8, 4) is 5.75 Å². The molecule has 1 N–H and O–H groups in total. The van der Waals surface area contributed by atoms with Crippen LogP contribution in [0.2, 0.25) is 0 Å². The van der Waals surface area contributed by atoms with E-state index in [4.69, 9.17) is 4.74 Å². The van der Waals surface area contributed by atoms with Crippen LogP contribution in [0.1, 0.15) is 44.9 Å². The Morgan fingerprint density at radius 2 is 2.08 bits per heavy atom. The van der Waals surface area contributed by atoms with Crippen LogP contribution in [0.3, 0.4) is 0 Å². The van der Waals surface area contributed by atoms with E-state index in [-0.39, 0.29) is 11.6 Å². The zero-order valence-electron chi connectivity index (χ0n) is 13.9.